The number of anilines is 1. The van der Waals surface area contributed by atoms with Gasteiger partial charge in [0.25, 0.3) is 0 Å². The topological polar surface area (TPSA) is 40.7 Å². The minimum absolute atomic E-state index is 0.576. The molecule has 0 aliphatic carbocycles. The van der Waals surface area contributed by atoms with Gasteiger partial charge in [0.1, 0.15) is 5.82 Å². The third-order valence-corrected chi connectivity index (χ3v) is 3.83. The van der Waals surface area contributed by atoms with Crippen LogP contribution in [0.5, 0.6) is 0 Å². The first-order chi connectivity index (χ1) is 9.60. The first kappa shape index (κ1) is 14.9. The standard InChI is InChI=1S/C16H22ClN3/c1-4-5-6-15-19-14(16(17)20-15)10-18-13-8-7-11(2)12(3)9-13/h7-9,18H,4-6,10H2,1-3H3,(H,19,20). The number of benzene rings is 1. The number of nitrogens with one attached hydrogen (secondary N) is 2. The van der Waals surface area contributed by atoms with Crippen molar-refractivity contribution in [2.75, 3.05) is 5.32 Å². The van der Waals surface area contributed by atoms with Crippen LogP contribution in [0.3, 0.4) is 0 Å². The van der Waals surface area contributed by atoms with Crippen molar-refractivity contribution < 1.29 is 0 Å². The van der Waals surface area contributed by atoms with Gasteiger partial charge in [-0.05, 0) is 43.5 Å². The van der Waals surface area contributed by atoms with Crippen molar-refractivity contribution in [3.05, 3.63) is 46.0 Å². The van der Waals surface area contributed by atoms with Crippen LogP contribution in [-0.4, -0.2) is 9.97 Å². The van der Waals surface area contributed by atoms with Gasteiger partial charge < -0.3 is 10.3 Å². The molecule has 2 N–H and O–H groups in total. The molecule has 1 heterocycles. The summed E-state index contributed by atoms with van der Waals surface area (Å²) in [6, 6.07) is 6.36. The van der Waals surface area contributed by atoms with Crippen LogP contribution in [-0.2, 0) is 13.0 Å². The second-order valence-electron chi connectivity index (χ2n) is 5.21. The maximum Gasteiger partial charge on any atom is 0.152 e. The molecule has 0 bridgehead atoms. The molecule has 1 aromatic carbocycles. The minimum atomic E-state index is 0.576. The Bertz CT molecular complexity index is 575. The Morgan fingerprint density at radius 1 is 1.25 bits per heavy atom. The molecule has 108 valence electrons. The van der Waals surface area contributed by atoms with E-state index in [9.17, 15) is 0 Å². The van der Waals surface area contributed by atoms with E-state index in [1.807, 2.05) is 0 Å². The number of unbranched alkanes of at least 4 members (excludes halogenated alkanes) is 1. The van der Waals surface area contributed by atoms with Gasteiger partial charge in [0.2, 0.25) is 0 Å². The highest BCUT2D eigenvalue weighted by Crippen LogP contribution is 2.18. The molecule has 0 fully saturated rings. The highest BCUT2D eigenvalue weighted by molar-refractivity contribution is 6.30. The molecule has 0 saturated carbocycles. The predicted octanol–water partition coefficient (Wildman–Crippen LogP) is 4.63. The predicted molar refractivity (Wildman–Crippen MR) is 85.5 cm³/mol. The van der Waals surface area contributed by atoms with Crippen LogP contribution >= 0.6 is 11.6 Å². The first-order valence-electron chi connectivity index (χ1n) is 7.14. The number of aromatic amines is 1. The van der Waals surface area contributed by atoms with Crippen LogP contribution in [0.15, 0.2) is 18.2 Å². The van der Waals surface area contributed by atoms with Crippen molar-refractivity contribution >= 4 is 17.3 Å². The normalized spacial score (nSPS) is 10.8. The summed E-state index contributed by atoms with van der Waals surface area (Å²) in [6.45, 7) is 7.07. The summed E-state index contributed by atoms with van der Waals surface area (Å²) < 4.78 is 0. The number of imidazole rings is 1. The summed E-state index contributed by atoms with van der Waals surface area (Å²) in [4.78, 5) is 7.67. The second kappa shape index (κ2) is 6.80. The Balaban J connectivity index is 1.99. The molecule has 4 heteroatoms. The van der Waals surface area contributed by atoms with E-state index in [-0.39, 0.29) is 0 Å². The lowest BCUT2D eigenvalue weighted by atomic mass is 10.1. The van der Waals surface area contributed by atoms with Gasteiger partial charge in [0.05, 0.1) is 12.2 Å². The van der Waals surface area contributed by atoms with Crippen LogP contribution in [0, 0.1) is 13.8 Å². The van der Waals surface area contributed by atoms with Gasteiger partial charge in [-0.15, -0.1) is 0 Å². The van der Waals surface area contributed by atoms with E-state index in [1.165, 1.54) is 11.1 Å². The molecule has 20 heavy (non-hydrogen) atoms. The fourth-order valence-corrected chi connectivity index (χ4v) is 2.28. The van der Waals surface area contributed by atoms with E-state index in [2.05, 4.69) is 54.3 Å². The molecule has 2 aromatic rings. The Morgan fingerprint density at radius 2 is 2.05 bits per heavy atom. The van der Waals surface area contributed by atoms with E-state index >= 15 is 0 Å². The van der Waals surface area contributed by atoms with Crippen molar-refractivity contribution in [1.82, 2.24) is 9.97 Å². The summed E-state index contributed by atoms with van der Waals surface area (Å²) in [6.07, 6.45) is 3.25. The molecular weight excluding hydrogens is 270 g/mol. The Morgan fingerprint density at radius 3 is 2.75 bits per heavy atom. The zero-order valence-electron chi connectivity index (χ0n) is 12.4. The maximum absolute atomic E-state index is 6.16. The van der Waals surface area contributed by atoms with Crippen LogP contribution in [0.2, 0.25) is 5.15 Å². The largest absolute Gasteiger partial charge is 0.379 e. The molecule has 0 aliphatic rings. The quantitative estimate of drug-likeness (QED) is 0.814. The molecule has 0 amide bonds. The van der Waals surface area contributed by atoms with Gasteiger partial charge >= 0.3 is 0 Å². The molecule has 0 radical (unpaired) electrons. The van der Waals surface area contributed by atoms with Crippen molar-refractivity contribution in [2.24, 2.45) is 0 Å². The summed E-state index contributed by atoms with van der Waals surface area (Å²) in [7, 11) is 0. The summed E-state index contributed by atoms with van der Waals surface area (Å²) in [5, 5.41) is 3.96. The smallest absolute Gasteiger partial charge is 0.152 e. The molecule has 3 nitrogen and oxygen atoms in total. The lowest BCUT2D eigenvalue weighted by molar-refractivity contribution is 0.760. The van der Waals surface area contributed by atoms with Crippen LogP contribution < -0.4 is 5.32 Å². The monoisotopic (exact) mass is 291 g/mol. The molecular formula is C16H22ClN3. The van der Waals surface area contributed by atoms with E-state index in [1.54, 1.807) is 0 Å². The number of hydrogen-bond donors (Lipinski definition) is 2. The van der Waals surface area contributed by atoms with Crippen LogP contribution in [0.1, 0.15) is 42.4 Å². The van der Waals surface area contributed by atoms with E-state index in [4.69, 9.17) is 11.6 Å². The number of aromatic nitrogens is 2. The average molecular weight is 292 g/mol. The Labute approximate surface area is 125 Å². The van der Waals surface area contributed by atoms with Crippen molar-refractivity contribution in [2.45, 2.75) is 46.6 Å². The maximum atomic E-state index is 6.16. The Kier molecular flexibility index (Phi) is 5.07. The second-order valence-corrected chi connectivity index (χ2v) is 5.57. The third kappa shape index (κ3) is 3.76. The fourth-order valence-electron chi connectivity index (χ4n) is 2.06. The SMILES string of the molecule is CCCCc1nc(Cl)c(CNc2ccc(C)c(C)c2)[nH]1. The highest BCUT2D eigenvalue weighted by Gasteiger charge is 2.07. The van der Waals surface area contributed by atoms with Gasteiger partial charge in [0, 0.05) is 12.1 Å². The van der Waals surface area contributed by atoms with Gasteiger partial charge in [-0.1, -0.05) is 31.0 Å². The van der Waals surface area contributed by atoms with Gasteiger partial charge in [-0.25, -0.2) is 4.98 Å². The number of rotatable bonds is 6. The average Bonchev–Trinajstić information content (AvgIpc) is 2.78. The van der Waals surface area contributed by atoms with Crippen molar-refractivity contribution in [3.63, 3.8) is 0 Å². The number of hydrogen-bond acceptors (Lipinski definition) is 2. The van der Waals surface area contributed by atoms with Crippen molar-refractivity contribution in [1.29, 1.82) is 0 Å². The van der Waals surface area contributed by atoms with Crippen LogP contribution in [0.25, 0.3) is 0 Å². The molecule has 0 atom stereocenters. The molecule has 1 aromatic heterocycles. The van der Waals surface area contributed by atoms with Crippen molar-refractivity contribution in [3.8, 4) is 0 Å². The molecule has 0 aliphatic heterocycles. The lowest BCUT2D eigenvalue weighted by Gasteiger charge is -2.07. The molecule has 0 saturated heterocycles. The van der Waals surface area contributed by atoms with Gasteiger partial charge in [-0.3, -0.25) is 0 Å². The zero-order valence-corrected chi connectivity index (χ0v) is 13.1. The first-order valence-corrected chi connectivity index (χ1v) is 7.52. The lowest BCUT2D eigenvalue weighted by Crippen LogP contribution is -2.01. The number of aryl methyl sites for hydroxylation is 3. The number of nitrogens with zero attached hydrogens (tertiary/aromatic N) is 1. The summed E-state index contributed by atoms with van der Waals surface area (Å²) in [5.74, 6) is 0.980. The van der Waals surface area contributed by atoms with Gasteiger partial charge in [-0.2, -0.15) is 0 Å². The number of halogens is 1. The molecule has 0 spiro atoms. The fraction of sp³-hybridized carbons (Fsp3) is 0.438. The van der Waals surface area contributed by atoms with Gasteiger partial charge in [0.15, 0.2) is 5.15 Å². The third-order valence-electron chi connectivity index (χ3n) is 3.52. The highest BCUT2D eigenvalue weighted by atomic mass is 35.5. The van der Waals surface area contributed by atoms with E-state index in [0.717, 1.165) is 36.5 Å². The minimum Gasteiger partial charge on any atom is -0.379 e. The van der Waals surface area contributed by atoms with E-state index < -0.39 is 0 Å². The zero-order chi connectivity index (χ0) is 14.5. The molecule has 0 unspecified atom stereocenters. The Hall–Kier alpha value is -1.48. The summed E-state index contributed by atoms with van der Waals surface area (Å²) in [5.41, 5.74) is 4.65. The number of H-pyrrole nitrogens is 1. The van der Waals surface area contributed by atoms with Crippen LogP contribution in [0.4, 0.5) is 5.69 Å². The molecule has 2 rings (SSSR count). The summed E-state index contributed by atoms with van der Waals surface area (Å²) >= 11 is 6.16. The van der Waals surface area contributed by atoms with E-state index in [0.29, 0.717) is 11.7 Å².